The summed E-state index contributed by atoms with van der Waals surface area (Å²) >= 11 is 8.10. The van der Waals surface area contributed by atoms with Gasteiger partial charge in [0.25, 0.3) is 0 Å². The minimum Gasteiger partial charge on any atom is -0.367 e. The number of anilines is 2. The summed E-state index contributed by atoms with van der Waals surface area (Å²) in [6.07, 6.45) is 0. The topological polar surface area (TPSA) is 97.4 Å². The summed E-state index contributed by atoms with van der Waals surface area (Å²) in [4.78, 5) is 8.15. The second-order valence-corrected chi connectivity index (χ2v) is 4.04. The third-order valence-corrected chi connectivity index (χ3v) is 2.36. The second-order valence-electron chi connectivity index (χ2n) is 3.14. The smallest absolute Gasteiger partial charge is 0.185 e. The van der Waals surface area contributed by atoms with Crippen molar-refractivity contribution in [1.82, 2.24) is 9.97 Å². The molecule has 0 unspecified atom stereocenters. The van der Waals surface area contributed by atoms with Crippen LogP contribution < -0.4 is 10.6 Å². The van der Waals surface area contributed by atoms with Crippen LogP contribution in [0.5, 0.6) is 0 Å². The van der Waals surface area contributed by atoms with Crippen LogP contribution in [0, 0.1) is 22.7 Å². The van der Waals surface area contributed by atoms with Crippen LogP contribution in [-0.4, -0.2) is 34.6 Å². The van der Waals surface area contributed by atoms with E-state index in [-0.39, 0.29) is 11.4 Å². The van der Waals surface area contributed by atoms with Crippen LogP contribution in [0.4, 0.5) is 11.6 Å². The summed E-state index contributed by atoms with van der Waals surface area (Å²) in [5, 5.41) is 23.8. The number of nitrogens with one attached hydrogen (secondary N) is 2. The Balaban J connectivity index is 3.08. The lowest BCUT2D eigenvalue weighted by molar-refractivity contribution is 1.07. The molecule has 0 bridgehead atoms. The van der Waals surface area contributed by atoms with Gasteiger partial charge in [-0.2, -0.15) is 35.8 Å². The standard InChI is InChI=1S/C10H12N6S2/c11-5-7-9(13-1-3-17)15-8(6-12)10(16-7)14-2-4-18/h17-18H,1-4H2,(H,13,15)(H,14,16). The van der Waals surface area contributed by atoms with Gasteiger partial charge in [0.2, 0.25) is 0 Å². The molecule has 0 radical (unpaired) electrons. The molecule has 0 fully saturated rings. The van der Waals surface area contributed by atoms with Crippen molar-refractivity contribution in [3.05, 3.63) is 11.4 Å². The maximum Gasteiger partial charge on any atom is 0.185 e. The van der Waals surface area contributed by atoms with Gasteiger partial charge >= 0.3 is 0 Å². The monoisotopic (exact) mass is 280 g/mol. The fourth-order valence-electron chi connectivity index (χ4n) is 1.19. The molecule has 1 aromatic rings. The molecule has 0 aliphatic heterocycles. The summed E-state index contributed by atoms with van der Waals surface area (Å²) in [7, 11) is 0. The zero-order valence-corrected chi connectivity index (χ0v) is 11.3. The second kappa shape index (κ2) is 7.64. The summed E-state index contributed by atoms with van der Waals surface area (Å²) < 4.78 is 0. The summed E-state index contributed by atoms with van der Waals surface area (Å²) in [6, 6.07) is 3.89. The molecule has 0 saturated carbocycles. The summed E-state index contributed by atoms with van der Waals surface area (Å²) in [6.45, 7) is 1.08. The van der Waals surface area contributed by atoms with Crippen LogP contribution in [0.15, 0.2) is 0 Å². The normalized spacial score (nSPS) is 9.33. The van der Waals surface area contributed by atoms with E-state index in [1.165, 1.54) is 0 Å². The van der Waals surface area contributed by atoms with Gasteiger partial charge in [-0.25, -0.2) is 9.97 Å². The Hall–Kier alpha value is -1.64. The third kappa shape index (κ3) is 3.69. The Bertz CT molecular complexity index is 445. The fraction of sp³-hybridized carbons (Fsp3) is 0.400. The number of nitrogens with zero attached hydrogens (tertiary/aromatic N) is 4. The van der Waals surface area contributed by atoms with Crippen molar-refractivity contribution >= 4 is 36.9 Å². The SMILES string of the molecule is N#Cc1nc(NCCS)c(C#N)nc1NCCS. The quantitative estimate of drug-likeness (QED) is 0.578. The van der Waals surface area contributed by atoms with E-state index in [2.05, 4.69) is 45.9 Å². The maximum atomic E-state index is 8.99. The lowest BCUT2D eigenvalue weighted by atomic mass is 10.3. The first-order valence-electron chi connectivity index (χ1n) is 5.18. The third-order valence-electron chi connectivity index (χ3n) is 1.92. The van der Waals surface area contributed by atoms with E-state index in [1.807, 2.05) is 12.1 Å². The first kappa shape index (κ1) is 14.4. The predicted octanol–water partition coefficient (Wildman–Crippen LogP) is 0.903. The van der Waals surface area contributed by atoms with Crippen molar-refractivity contribution in [3.8, 4) is 12.1 Å². The molecule has 0 saturated heterocycles. The van der Waals surface area contributed by atoms with Crippen molar-refractivity contribution in [1.29, 1.82) is 10.5 Å². The van der Waals surface area contributed by atoms with E-state index in [1.54, 1.807) is 0 Å². The summed E-state index contributed by atoms with van der Waals surface area (Å²) in [5.74, 6) is 1.79. The minimum absolute atomic E-state index is 0.150. The zero-order valence-electron chi connectivity index (χ0n) is 9.51. The Kier molecular flexibility index (Phi) is 6.12. The Morgan fingerprint density at radius 1 is 0.889 bits per heavy atom. The van der Waals surface area contributed by atoms with E-state index < -0.39 is 0 Å². The van der Waals surface area contributed by atoms with Crippen LogP contribution in [0.1, 0.15) is 11.4 Å². The number of nitriles is 2. The Morgan fingerprint density at radius 2 is 1.28 bits per heavy atom. The predicted molar refractivity (Wildman–Crippen MR) is 76.1 cm³/mol. The molecular weight excluding hydrogens is 268 g/mol. The van der Waals surface area contributed by atoms with Crippen LogP contribution in [-0.2, 0) is 0 Å². The van der Waals surface area contributed by atoms with E-state index in [0.717, 1.165) is 0 Å². The van der Waals surface area contributed by atoms with Crippen molar-refractivity contribution in [2.75, 3.05) is 35.2 Å². The van der Waals surface area contributed by atoms with E-state index in [0.29, 0.717) is 36.2 Å². The molecule has 0 aliphatic carbocycles. The Morgan fingerprint density at radius 3 is 1.56 bits per heavy atom. The van der Waals surface area contributed by atoms with E-state index in [4.69, 9.17) is 10.5 Å². The number of hydrogen-bond donors (Lipinski definition) is 4. The van der Waals surface area contributed by atoms with E-state index >= 15 is 0 Å². The van der Waals surface area contributed by atoms with Crippen molar-refractivity contribution in [2.24, 2.45) is 0 Å². The molecule has 6 nitrogen and oxygen atoms in total. The molecule has 1 heterocycles. The molecule has 18 heavy (non-hydrogen) atoms. The molecular formula is C10H12N6S2. The van der Waals surface area contributed by atoms with Crippen LogP contribution in [0.3, 0.4) is 0 Å². The highest BCUT2D eigenvalue weighted by molar-refractivity contribution is 7.80. The zero-order chi connectivity index (χ0) is 13.4. The van der Waals surface area contributed by atoms with E-state index in [9.17, 15) is 0 Å². The lowest BCUT2D eigenvalue weighted by Crippen LogP contribution is -2.13. The number of aromatic nitrogens is 2. The molecule has 0 spiro atoms. The van der Waals surface area contributed by atoms with Gasteiger partial charge < -0.3 is 10.6 Å². The molecule has 0 amide bonds. The van der Waals surface area contributed by atoms with Gasteiger partial charge in [-0.15, -0.1) is 0 Å². The molecule has 2 N–H and O–H groups in total. The van der Waals surface area contributed by atoms with Crippen molar-refractivity contribution in [3.63, 3.8) is 0 Å². The highest BCUT2D eigenvalue weighted by Crippen LogP contribution is 2.16. The first-order chi connectivity index (χ1) is 8.76. The van der Waals surface area contributed by atoms with Gasteiger partial charge in [0.1, 0.15) is 12.1 Å². The van der Waals surface area contributed by atoms with Crippen LogP contribution in [0.2, 0.25) is 0 Å². The average Bonchev–Trinajstić information content (AvgIpc) is 2.42. The van der Waals surface area contributed by atoms with Crippen molar-refractivity contribution in [2.45, 2.75) is 0 Å². The fourth-order valence-corrected chi connectivity index (χ4v) is 1.41. The minimum atomic E-state index is 0.150. The van der Waals surface area contributed by atoms with Gasteiger partial charge in [0.05, 0.1) is 0 Å². The number of thiol groups is 2. The van der Waals surface area contributed by atoms with Gasteiger partial charge in [-0.05, 0) is 0 Å². The van der Waals surface area contributed by atoms with Crippen molar-refractivity contribution < 1.29 is 0 Å². The average molecular weight is 280 g/mol. The van der Waals surface area contributed by atoms with Gasteiger partial charge in [-0.1, -0.05) is 0 Å². The molecule has 0 atom stereocenters. The maximum absolute atomic E-state index is 8.99. The molecule has 1 rings (SSSR count). The molecule has 0 aliphatic rings. The van der Waals surface area contributed by atoms with Gasteiger partial charge in [-0.3, -0.25) is 0 Å². The molecule has 0 aromatic carbocycles. The molecule has 1 aromatic heterocycles. The lowest BCUT2D eigenvalue weighted by Gasteiger charge is -2.09. The summed E-state index contributed by atoms with van der Waals surface area (Å²) in [5.41, 5.74) is 0.301. The van der Waals surface area contributed by atoms with Crippen LogP contribution >= 0.6 is 25.3 Å². The van der Waals surface area contributed by atoms with Crippen LogP contribution in [0.25, 0.3) is 0 Å². The van der Waals surface area contributed by atoms with Gasteiger partial charge in [0.15, 0.2) is 23.0 Å². The molecule has 94 valence electrons. The highest BCUT2D eigenvalue weighted by atomic mass is 32.1. The highest BCUT2D eigenvalue weighted by Gasteiger charge is 2.12. The van der Waals surface area contributed by atoms with Gasteiger partial charge in [0, 0.05) is 24.6 Å². The number of hydrogen-bond acceptors (Lipinski definition) is 8. The number of rotatable bonds is 6. The largest absolute Gasteiger partial charge is 0.367 e. The first-order valence-corrected chi connectivity index (χ1v) is 6.45. The Labute approximate surface area is 116 Å². The molecule has 8 heteroatoms.